The first-order valence-corrected chi connectivity index (χ1v) is 10.3. The number of fused-ring (bicyclic) bond motifs is 1. The number of aromatic amines is 1. The van der Waals surface area contributed by atoms with Gasteiger partial charge < -0.3 is 20.3 Å². The van der Waals surface area contributed by atoms with Crippen molar-refractivity contribution in [3.05, 3.63) is 57.1 Å². The molecular formula is C20H23FN6O2S. The zero-order chi connectivity index (χ0) is 21.1. The molecule has 4 rings (SSSR count). The van der Waals surface area contributed by atoms with Gasteiger partial charge in [0.2, 0.25) is 0 Å². The SMILES string of the molecule is O=c1cnc2cc(F)cnc2n1CCN1CCC(NCc2cc(=S)c(O)c[nH]2)CC1. The van der Waals surface area contributed by atoms with E-state index in [-0.39, 0.29) is 11.3 Å². The number of aromatic nitrogens is 4. The van der Waals surface area contributed by atoms with Crippen molar-refractivity contribution < 1.29 is 9.50 Å². The summed E-state index contributed by atoms with van der Waals surface area (Å²) in [7, 11) is 0. The number of likely N-dealkylation sites (tertiary alicyclic amines) is 1. The van der Waals surface area contributed by atoms with E-state index in [4.69, 9.17) is 12.2 Å². The molecule has 0 spiro atoms. The van der Waals surface area contributed by atoms with E-state index in [2.05, 4.69) is 25.2 Å². The first kappa shape index (κ1) is 20.6. The molecule has 1 aliphatic rings. The van der Waals surface area contributed by atoms with Gasteiger partial charge in [-0.25, -0.2) is 14.4 Å². The Balaban J connectivity index is 1.30. The molecule has 0 saturated carbocycles. The summed E-state index contributed by atoms with van der Waals surface area (Å²) in [5.74, 6) is -0.382. The van der Waals surface area contributed by atoms with E-state index in [1.165, 1.54) is 18.5 Å². The third-order valence-electron chi connectivity index (χ3n) is 5.41. The average molecular weight is 431 g/mol. The molecule has 158 valence electrons. The van der Waals surface area contributed by atoms with Crippen LogP contribution in [0.3, 0.4) is 0 Å². The summed E-state index contributed by atoms with van der Waals surface area (Å²) < 4.78 is 15.4. The molecule has 0 aromatic carbocycles. The molecule has 0 atom stereocenters. The molecule has 10 heteroatoms. The third kappa shape index (κ3) is 4.72. The summed E-state index contributed by atoms with van der Waals surface area (Å²) in [6, 6.07) is 3.45. The second kappa shape index (κ2) is 8.99. The highest BCUT2D eigenvalue weighted by molar-refractivity contribution is 7.71. The molecule has 0 amide bonds. The third-order valence-corrected chi connectivity index (χ3v) is 5.74. The highest BCUT2D eigenvalue weighted by atomic mass is 32.1. The smallest absolute Gasteiger partial charge is 0.270 e. The molecule has 3 aromatic rings. The highest BCUT2D eigenvalue weighted by Crippen LogP contribution is 2.14. The Bertz CT molecular complexity index is 1160. The van der Waals surface area contributed by atoms with Gasteiger partial charge in [-0.2, -0.15) is 0 Å². The van der Waals surface area contributed by atoms with Crippen molar-refractivity contribution >= 4 is 23.4 Å². The largest absolute Gasteiger partial charge is 0.505 e. The van der Waals surface area contributed by atoms with Crippen molar-refractivity contribution in [3.8, 4) is 5.75 Å². The van der Waals surface area contributed by atoms with E-state index < -0.39 is 5.82 Å². The van der Waals surface area contributed by atoms with Gasteiger partial charge in [-0.3, -0.25) is 9.36 Å². The fourth-order valence-electron chi connectivity index (χ4n) is 3.70. The number of pyridine rings is 2. The van der Waals surface area contributed by atoms with Gasteiger partial charge in [0, 0.05) is 43.6 Å². The van der Waals surface area contributed by atoms with Crippen LogP contribution < -0.4 is 10.9 Å². The number of nitrogens with one attached hydrogen (secondary N) is 2. The van der Waals surface area contributed by atoms with Crippen LogP contribution in [0, 0.1) is 10.3 Å². The number of rotatable bonds is 6. The lowest BCUT2D eigenvalue weighted by Gasteiger charge is -2.32. The Hall–Kier alpha value is -2.69. The number of hydrogen-bond donors (Lipinski definition) is 3. The van der Waals surface area contributed by atoms with Crippen LogP contribution in [0.15, 0.2) is 35.5 Å². The number of aromatic hydroxyl groups is 1. The Kier molecular flexibility index (Phi) is 6.16. The Morgan fingerprint density at radius 1 is 1.23 bits per heavy atom. The molecule has 3 N–H and O–H groups in total. The van der Waals surface area contributed by atoms with Crippen LogP contribution in [0.25, 0.3) is 11.2 Å². The molecular weight excluding hydrogens is 407 g/mol. The first-order chi connectivity index (χ1) is 14.5. The molecule has 30 heavy (non-hydrogen) atoms. The van der Waals surface area contributed by atoms with Gasteiger partial charge in [-0.05, 0) is 32.0 Å². The van der Waals surface area contributed by atoms with Crippen molar-refractivity contribution in [3.63, 3.8) is 0 Å². The van der Waals surface area contributed by atoms with Crippen LogP contribution in [0.5, 0.6) is 5.75 Å². The lowest BCUT2D eigenvalue weighted by atomic mass is 10.0. The standard InChI is InChI=1S/C20H23FN6O2S/c21-13-7-16-20(25-9-13)27(19(29)12-24-16)6-5-26-3-1-14(2-4-26)22-10-15-8-18(30)17(28)11-23-15/h7-9,11-12,14,22,28H,1-6,10H2,(H,23,30). The molecule has 4 heterocycles. The molecule has 1 saturated heterocycles. The van der Waals surface area contributed by atoms with Crippen molar-refractivity contribution in [2.24, 2.45) is 0 Å². The zero-order valence-electron chi connectivity index (χ0n) is 16.3. The highest BCUT2D eigenvalue weighted by Gasteiger charge is 2.19. The summed E-state index contributed by atoms with van der Waals surface area (Å²) in [6.45, 7) is 3.70. The van der Waals surface area contributed by atoms with Crippen LogP contribution in [-0.4, -0.2) is 55.2 Å². The van der Waals surface area contributed by atoms with Crippen molar-refractivity contribution in [2.75, 3.05) is 19.6 Å². The van der Waals surface area contributed by atoms with E-state index in [0.29, 0.717) is 34.8 Å². The molecule has 0 radical (unpaired) electrons. The van der Waals surface area contributed by atoms with E-state index in [1.54, 1.807) is 10.6 Å². The second-order valence-electron chi connectivity index (χ2n) is 7.45. The maximum Gasteiger partial charge on any atom is 0.270 e. The van der Waals surface area contributed by atoms with Crippen LogP contribution >= 0.6 is 12.2 Å². The molecule has 1 aliphatic heterocycles. The van der Waals surface area contributed by atoms with Crippen molar-refractivity contribution in [1.29, 1.82) is 0 Å². The van der Waals surface area contributed by atoms with Gasteiger partial charge in [-0.1, -0.05) is 12.2 Å². The first-order valence-electron chi connectivity index (χ1n) is 9.87. The fraction of sp³-hybridized carbons (Fsp3) is 0.400. The van der Waals surface area contributed by atoms with E-state index >= 15 is 0 Å². The Morgan fingerprint density at radius 3 is 2.80 bits per heavy atom. The van der Waals surface area contributed by atoms with Crippen molar-refractivity contribution in [1.82, 2.24) is 29.7 Å². The minimum Gasteiger partial charge on any atom is -0.505 e. The predicted molar refractivity (Wildman–Crippen MR) is 113 cm³/mol. The van der Waals surface area contributed by atoms with Crippen LogP contribution in [0.2, 0.25) is 0 Å². The summed E-state index contributed by atoms with van der Waals surface area (Å²) in [6.07, 6.45) is 5.82. The summed E-state index contributed by atoms with van der Waals surface area (Å²) in [5, 5.41) is 13.0. The van der Waals surface area contributed by atoms with Gasteiger partial charge in [-0.15, -0.1) is 0 Å². The maximum absolute atomic E-state index is 13.4. The minimum atomic E-state index is -0.469. The van der Waals surface area contributed by atoms with Gasteiger partial charge in [0.1, 0.15) is 17.1 Å². The minimum absolute atomic E-state index is 0.0866. The quantitative estimate of drug-likeness (QED) is 0.514. The molecule has 0 unspecified atom stereocenters. The number of nitrogens with zero attached hydrogens (tertiary/aromatic N) is 4. The number of H-pyrrole nitrogens is 1. The van der Waals surface area contributed by atoms with Crippen LogP contribution in [0.4, 0.5) is 4.39 Å². The second-order valence-corrected chi connectivity index (χ2v) is 7.89. The Labute approximate surface area is 177 Å². The van der Waals surface area contributed by atoms with Crippen molar-refractivity contribution in [2.45, 2.75) is 32.0 Å². The Morgan fingerprint density at radius 2 is 2.03 bits per heavy atom. The van der Waals surface area contributed by atoms with E-state index in [9.17, 15) is 14.3 Å². The molecule has 8 nitrogen and oxygen atoms in total. The summed E-state index contributed by atoms with van der Waals surface area (Å²) in [4.78, 5) is 25.6. The zero-order valence-corrected chi connectivity index (χ0v) is 17.2. The van der Waals surface area contributed by atoms with Gasteiger partial charge in [0.05, 0.1) is 16.9 Å². The maximum atomic E-state index is 13.4. The summed E-state index contributed by atoms with van der Waals surface area (Å²) >= 11 is 5.09. The lowest BCUT2D eigenvalue weighted by Crippen LogP contribution is -2.43. The molecule has 3 aromatic heterocycles. The monoisotopic (exact) mass is 430 g/mol. The van der Waals surface area contributed by atoms with Crippen LogP contribution in [0.1, 0.15) is 18.5 Å². The van der Waals surface area contributed by atoms with Gasteiger partial charge in [0.15, 0.2) is 5.65 Å². The number of halogens is 1. The fourth-order valence-corrected chi connectivity index (χ4v) is 3.90. The van der Waals surface area contributed by atoms with Crippen LogP contribution in [-0.2, 0) is 13.1 Å². The molecule has 0 aliphatic carbocycles. The van der Waals surface area contributed by atoms with E-state index in [1.807, 2.05) is 0 Å². The summed E-state index contributed by atoms with van der Waals surface area (Å²) in [5.41, 5.74) is 1.50. The number of hydrogen-bond acceptors (Lipinski definition) is 7. The predicted octanol–water partition coefficient (Wildman–Crippen LogP) is 1.95. The molecule has 0 bridgehead atoms. The average Bonchev–Trinajstić information content (AvgIpc) is 2.75. The topological polar surface area (TPSA) is 99.1 Å². The van der Waals surface area contributed by atoms with Gasteiger partial charge in [0.25, 0.3) is 5.56 Å². The van der Waals surface area contributed by atoms with E-state index in [0.717, 1.165) is 44.4 Å². The number of piperidine rings is 1. The normalized spacial score (nSPS) is 15.6. The lowest BCUT2D eigenvalue weighted by molar-refractivity contribution is 0.191. The van der Waals surface area contributed by atoms with Gasteiger partial charge >= 0.3 is 0 Å². The molecule has 1 fully saturated rings.